The molecule has 0 saturated heterocycles. The first-order valence-electron chi connectivity index (χ1n) is 7.72. The number of nitrogens with zero attached hydrogens (tertiary/aromatic N) is 4. The first-order valence-corrected chi connectivity index (χ1v) is 8.70. The molecule has 130 valence electrons. The van der Waals surface area contributed by atoms with Crippen LogP contribution < -0.4 is 5.32 Å². The average Bonchev–Trinajstić information content (AvgIpc) is 3.30. The zero-order valence-corrected chi connectivity index (χ0v) is 14.6. The number of nitrogens with one attached hydrogen (secondary N) is 1. The Labute approximate surface area is 154 Å². The molecule has 0 atom stereocenters. The number of nitriles is 1. The zero-order valence-electron chi connectivity index (χ0n) is 13.8. The summed E-state index contributed by atoms with van der Waals surface area (Å²) in [5, 5.41) is 20.6. The largest absolute Gasteiger partial charge is 0.461 e. The minimum atomic E-state index is -0.196. The van der Waals surface area contributed by atoms with Gasteiger partial charge in [0.15, 0.2) is 10.9 Å². The Kier molecular flexibility index (Phi) is 5.51. The van der Waals surface area contributed by atoms with Crippen LogP contribution in [0, 0.1) is 11.3 Å². The number of aromatic nitrogens is 3. The van der Waals surface area contributed by atoms with Crippen molar-refractivity contribution in [1.82, 2.24) is 14.8 Å². The van der Waals surface area contributed by atoms with E-state index in [4.69, 9.17) is 9.68 Å². The maximum atomic E-state index is 12.2. The van der Waals surface area contributed by atoms with E-state index in [1.54, 1.807) is 48.7 Å². The third kappa shape index (κ3) is 4.02. The fourth-order valence-electron chi connectivity index (χ4n) is 2.27. The quantitative estimate of drug-likeness (QED) is 0.509. The minimum Gasteiger partial charge on any atom is -0.461 e. The number of carbonyl (C=O) groups is 1. The first kappa shape index (κ1) is 17.5. The highest BCUT2D eigenvalue weighted by atomic mass is 32.2. The van der Waals surface area contributed by atoms with Gasteiger partial charge in [-0.1, -0.05) is 23.9 Å². The van der Waals surface area contributed by atoms with Gasteiger partial charge in [-0.3, -0.25) is 9.36 Å². The minimum absolute atomic E-state index is 0.157. The van der Waals surface area contributed by atoms with Crippen molar-refractivity contribution in [3.05, 3.63) is 60.9 Å². The summed E-state index contributed by atoms with van der Waals surface area (Å²) in [6.07, 6.45) is 3.30. The van der Waals surface area contributed by atoms with Gasteiger partial charge in [0.1, 0.15) is 0 Å². The van der Waals surface area contributed by atoms with E-state index in [1.807, 2.05) is 10.6 Å². The van der Waals surface area contributed by atoms with E-state index in [1.165, 1.54) is 11.8 Å². The molecule has 0 aliphatic heterocycles. The molecule has 0 radical (unpaired) electrons. The molecular weight excluding hydrogens is 350 g/mol. The molecule has 0 fully saturated rings. The average molecular weight is 365 g/mol. The van der Waals surface area contributed by atoms with Crippen LogP contribution in [0.15, 0.2) is 64.9 Å². The second kappa shape index (κ2) is 8.18. The maximum absolute atomic E-state index is 12.2. The van der Waals surface area contributed by atoms with E-state index in [2.05, 4.69) is 22.1 Å². The molecule has 7 nitrogen and oxygen atoms in total. The molecular formula is C18H15N5O2S. The molecule has 8 heteroatoms. The zero-order chi connectivity index (χ0) is 18.4. The standard InChI is InChI=1S/C18H15N5O2S/c1-2-8-23-17(15-7-4-9-25-15)21-22-18(23)26-12-16(24)20-14-6-3-5-13(10-14)11-19/h2-7,9-10H,1,8,12H2,(H,20,24). The number of hydrogen-bond acceptors (Lipinski definition) is 6. The van der Waals surface area contributed by atoms with Gasteiger partial charge >= 0.3 is 0 Å². The van der Waals surface area contributed by atoms with E-state index in [0.29, 0.717) is 34.5 Å². The second-order valence-corrected chi connectivity index (χ2v) is 6.15. The van der Waals surface area contributed by atoms with Crippen LogP contribution in [0.5, 0.6) is 0 Å². The van der Waals surface area contributed by atoms with Crippen molar-refractivity contribution >= 4 is 23.4 Å². The number of rotatable bonds is 7. The second-order valence-electron chi connectivity index (χ2n) is 5.21. The summed E-state index contributed by atoms with van der Waals surface area (Å²) in [5.74, 6) is 1.14. The van der Waals surface area contributed by atoms with Crippen molar-refractivity contribution in [3.8, 4) is 17.7 Å². The number of amides is 1. The molecule has 0 spiro atoms. The lowest BCUT2D eigenvalue weighted by Crippen LogP contribution is -2.14. The SMILES string of the molecule is C=CCn1c(SCC(=O)Nc2cccc(C#N)c2)nnc1-c1ccco1. The molecule has 0 saturated carbocycles. The Morgan fingerprint density at radius 2 is 2.27 bits per heavy atom. The summed E-state index contributed by atoms with van der Waals surface area (Å²) in [5.41, 5.74) is 1.07. The van der Waals surface area contributed by atoms with E-state index >= 15 is 0 Å². The summed E-state index contributed by atoms with van der Waals surface area (Å²) in [6.45, 7) is 4.24. The van der Waals surface area contributed by atoms with E-state index in [-0.39, 0.29) is 11.7 Å². The van der Waals surface area contributed by atoms with Gasteiger partial charge in [0.2, 0.25) is 11.7 Å². The Bertz CT molecular complexity index is 956. The van der Waals surface area contributed by atoms with Crippen LogP contribution in [0.2, 0.25) is 0 Å². The molecule has 3 rings (SSSR count). The van der Waals surface area contributed by atoms with Crippen molar-refractivity contribution in [3.63, 3.8) is 0 Å². The lowest BCUT2D eigenvalue weighted by molar-refractivity contribution is -0.113. The molecule has 0 bridgehead atoms. The summed E-state index contributed by atoms with van der Waals surface area (Å²) in [4.78, 5) is 12.2. The van der Waals surface area contributed by atoms with E-state index in [9.17, 15) is 4.79 Å². The van der Waals surface area contributed by atoms with Gasteiger partial charge in [-0.15, -0.1) is 16.8 Å². The fourth-order valence-corrected chi connectivity index (χ4v) is 3.02. The van der Waals surface area contributed by atoms with Crippen molar-refractivity contribution in [2.75, 3.05) is 11.1 Å². The van der Waals surface area contributed by atoms with E-state index in [0.717, 1.165) is 0 Å². The smallest absolute Gasteiger partial charge is 0.234 e. The highest BCUT2D eigenvalue weighted by Gasteiger charge is 2.16. The number of anilines is 1. The molecule has 2 heterocycles. The first-order chi connectivity index (χ1) is 12.7. The predicted molar refractivity (Wildman–Crippen MR) is 98.4 cm³/mol. The molecule has 0 unspecified atom stereocenters. The topological polar surface area (TPSA) is 96.7 Å². The highest BCUT2D eigenvalue weighted by Crippen LogP contribution is 2.24. The van der Waals surface area contributed by atoms with Gasteiger partial charge in [0.25, 0.3) is 0 Å². The lowest BCUT2D eigenvalue weighted by atomic mass is 10.2. The molecule has 0 aliphatic rings. The Balaban J connectivity index is 1.68. The van der Waals surface area contributed by atoms with Crippen LogP contribution in [0.4, 0.5) is 5.69 Å². The van der Waals surface area contributed by atoms with Gasteiger partial charge in [-0.2, -0.15) is 5.26 Å². The van der Waals surface area contributed by atoms with Crippen molar-refractivity contribution in [2.45, 2.75) is 11.7 Å². The third-order valence-corrected chi connectivity index (χ3v) is 4.34. The number of carbonyl (C=O) groups excluding carboxylic acids is 1. The molecule has 1 amide bonds. The van der Waals surface area contributed by atoms with Crippen LogP contribution >= 0.6 is 11.8 Å². The molecule has 0 aliphatic carbocycles. The van der Waals surface area contributed by atoms with Crippen LogP contribution in [0.1, 0.15) is 5.56 Å². The third-order valence-electron chi connectivity index (χ3n) is 3.38. The Morgan fingerprint density at radius 3 is 3.00 bits per heavy atom. The lowest BCUT2D eigenvalue weighted by Gasteiger charge is -2.07. The predicted octanol–water partition coefficient (Wildman–Crippen LogP) is 3.33. The van der Waals surface area contributed by atoms with Crippen LogP contribution in [0.3, 0.4) is 0 Å². The highest BCUT2D eigenvalue weighted by molar-refractivity contribution is 7.99. The number of thioether (sulfide) groups is 1. The van der Waals surface area contributed by atoms with Crippen molar-refractivity contribution in [1.29, 1.82) is 5.26 Å². The Morgan fingerprint density at radius 1 is 1.38 bits per heavy atom. The van der Waals surface area contributed by atoms with E-state index < -0.39 is 0 Å². The van der Waals surface area contributed by atoms with Gasteiger partial charge < -0.3 is 9.73 Å². The monoisotopic (exact) mass is 365 g/mol. The molecule has 26 heavy (non-hydrogen) atoms. The molecule has 1 aromatic carbocycles. The maximum Gasteiger partial charge on any atom is 0.234 e. The van der Waals surface area contributed by atoms with Gasteiger partial charge in [0.05, 0.1) is 23.6 Å². The molecule has 2 aromatic heterocycles. The van der Waals surface area contributed by atoms with Crippen LogP contribution in [-0.4, -0.2) is 26.4 Å². The van der Waals surface area contributed by atoms with Gasteiger partial charge in [0, 0.05) is 12.2 Å². The van der Waals surface area contributed by atoms with Crippen LogP contribution in [-0.2, 0) is 11.3 Å². The number of benzene rings is 1. The molecule has 1 N–H and O–H groups in total. The summed E-state index contributed by atoms with van der Waals surface area (Å²) >= 11 is 1.27. The summed E-state index contributed by atoms with van der Waals surface area (Å²) < 4.78 is 7.21. The number of allylic oxidation sites excluding steroid dienone is 1. The summed E-state index contributed by atoms with van der Waals surface area (Å²) in [7, 11) is 0. The van der Waals surface area contributed by atoms with Crippen molar-refractivity contribution in [2.24, 2.45) is 0 Å². The number of hydrogen-bond donors (Lipinski definition) is 1. The fraction of sp³-hybridized carbons (Fsp3) is 0.111. The molecule has 3 aromatic rings. The van der Waals surface area contributed by atoms with Gasteiger partial charge in [-0.05, 0) is 30.3 Å². The number of furan rings is 1. The summed E-state index contributed by atoms with van der Waals surface area (Å²) in [6, 6.07) is 12.4. The normalized spacial score (nSPS) is 10.3. The van der Waals surface area contributed by atoms with Crippen LogP contribution in [0.25, 0.3) is 11.6 Å². The van der Waals surface area contributed by atoms with Gasteiger partial charge in [-0.25, -0.2) is 0 Å². The van der Waals surface area contributed by atoms with Crippen molar-refractivity contribution < 1.29 is 9.21 Å². The Hall–Kier alpha value is -3.31.